The zero-order valence-corrected chi connectivity index (χ0v) is 14.0. The zero-order valence-electron chi connectivity index (χ0n) is 13.2. The minimum absolute atomic E-state index is 0.0522. The predicted molar refractivity (Wildman–Crippen MR) is 97.6 cm³/mol. The first-order valence-electron chi connectivity index (χ1n) is 7.21. The van der Waals surface area contributed by atoms with Gasteiger partial charge in [0.05, 0.1) is 11.3 Å². The van der Waals surface area contributed by atoms with E-state index in [1.165, 1.54) is 13.0 Å². The van der Waals surface area contributed by atoms with E-state index >= 15 is 0 Å². The maximum Gasteiger partial charge on any atom is 0.267 e. The molecule has 8 heteroatoms. The van der Waals surface area contributed by atoms with E-state index in [4.69, 9.17) is 16.7 Å². The van der Waals surface area contributed by atoms with Gasteiger partial charge in [-0.15, -0.1) is 11.3 Å². The molecule has 1 amide bonds. The highest BCUT2D eigenvalue weighted by atomic mass is 32.1. The Hall–Kier alpha value is -3.44. The highest BCUT2D eigenvalue weighted by Crippen LogP contribution is 2.34. The van der Waals surface area contributed by atoms with Gasteiger partial charge in [0.25, 0.3) is 5.91 Å². The molecule has 0 aliphatic heterocycles. The normalized spacial score (nSPS) is 10.4. The highest BCUT2D eigenvalue weighted by Gasteiger charge is 2.19. The molecule has 0 spiro atoms. The maximum atomic E-state index is 12.5. The molecule has 0 saturated carbocycles. The van der Waals surface area contributed by atoms with Crippen molar-refractivity contribution < 1.29 is 9.59 Å². The number of amides is 1. The van der Waals surface area contributed by atoms with Crippen molar-refractivity contribution in [3.8, 4) is 6.07 Å². The summed E-state index contributed by atoms with van der Waals surface area (Å²) in [5, 5.41) is 12.3. The molecule has 0 aliphatic rings. The van der Waals surface area contributed by atoms with Gasteiger partial charge >= 0.3 is 0 Å². The lowest BCUT2D eigenvalue weighted by Crippen LogP contribution is -2.12. The summed E-state index contributed by atoms with van der Waals surface area (Å²) in [6, 6.07) is 10.0. The van der Waals surface area contributed by atoms with Gasteiger partial charge in [-0.1, -0.05) is 0 Å². The fraction of sp³-hybridized carbons (Fsp3) is 0.0588. The number of nitrogens with two attached hydrogens (primary N) is 2. The number of anilines is 3. The number of pyridine rings is 1. The van der Waals surface area contributed by atoms with Gasteiger partial charge in [-0.3, -0.25) is 9.59 Å². The minimum atomic E-state index is -0.395. The number of hydrogen-bond donors (Lipinski definition) is 3. The second-order valence-corrected chi connectivity index (χ2v) is 6.32. The number of aromatic nitrogens is 1. The molecule has 2 heterocycles. The van der Waals surface area contributed by atoms with Crippen molar-refractivity contribution in [2.45, 2.75) is 6.92 Å². The van der Waals surface area contributed by atoms with Gasteiger partial charge in [0, 0.05) is 16.6 Å². The van der Waals surface area contributed by atoms with Crippen LogP contribution in [-0.2, 0) is 0 Å². The third-order valence-corrected chi connectivity index (χ3v) is 4.74. The number of fused-ring (bicyclic) bond motifs is 1. The summed E-state index contributed by atoms with van der Waals surface area (Å²) >= 11 is 1.10. The van der Waals surface area contributed by atoms with E-state index in [0.717, 1.165) is 11.3 Å². The zero-order chi connectivity index (χ0) is 18.1. The largest absolute Gasteiger partial charge is 0.397 e. The van der Waals surface area contributed by atoms with Crippen LogP contribution in [0.1, 0.15) is 32.5 Å². The fourth-order valence-electron chi connectivity index (χ4n) is 2.29. The van der Waals surface area contributed by atoms with Crippen LogP contribution >= 0.6 is 11.3 Å². The van der Waals surface area contributed by atoms with Crippen molar-refractivity contribution >= 4 is 50.4 Å². The maximum absolute atomic E-state index is 12.5. The summed E-state index contributed by atoms with van der Waals surface area (Å²) < 4.78 is 0. The summed E-state index contributed by atoms with van der Waals surface area (Å²) in [6.07, 6.45) is 0. The molecule has 0 fully saturated rings. The molecule has 0 atom stereocenters. The molecular formula is C17H13N5O2S. The number of nitrogens with zero attached hydrogens (tertiary/aromatic N) is 2. The van der Waals surface area contributed by atoms with Crippen molar-refractivity contribution in [2.75, 3.05) is 16.8 Å². The number of nitrogen functional groups attached to an aromatic ring is 2. The lowest BCUT2D eigenvalue weighted by Gasteiger charge is -2.05. The Morgan fingerprint density at radius 1 is 1.24 bits per heavy atom. The standard InChI is InChI=1S/C17H13N5O2S/c1-8(23)9-2-4-11(5-3-9)21-16(24)14-13(19)12-6-10(7-18)15(20)22-17(12)25-14/h2-6H,19H2,1H3,(H2,20,22)(H,21,24). The number of Topliss-reactive ketones (excluding diaryl/α,β-unsaturated/α-hetero) is 1. The summed E-state index contributed by atoms with van der Waals surface area (Å²) in [6.45, 7) is 1.47. The minimum Gasteiger partial charge on any atom is -0.397 e. The summed E-state index contributed by atoms with van der Waals surface area (Å²) in [7, 11) is 0. The third kappa shape index (κ3) is 3.00. The van der Waals surface area contributed by atoms with Gasteiger partial charge in [0.15, 0.2) is 5.78 Å². The fourth-order valence-corrected chi connectivity index (χ4v) is 3.27. The quantitative estimate of drug-likeness (QED) is 0.621. The molecule has 5 N–H and O–H groups in total. The Bertz CT molecular complexity index is 1050. The smallest absolute Gasteiger partial charge is 0.267 e. The number of hydrogen-bond acceptors (Lipinski definition) is 7. The molecule has 124 valence electrons. The van der Waals surface area contributed by atoms with Gasteiger partial charge in [-0.25, -0.2) is 4.98 Å². The third-order valence-electron chi connectivity index (χ3n) is 3.63. The van der Waals surface area contributed by atoms with Crippen LogP contribution in [0.3, 0.4) is 0 Å². The first kappa shape index (κ1) is 16.4. The number of thiophene rings is 1. The monoisotopic (exact) mass is 351 g/mol. The first-order chi connectivity index (χ1) is 11.9. The van der Waals surface area contributed by atoms with Gasteiger partial charge in [0.1, 0.15) is 21.6 Å². The number of nitrogens with one attached hydrogen (secondary N) is 1. The van der Waals surface area contributed by atoms with Crippen LogP contribution in [0.15, 0.2) is 30.3 Å². The lowest BCUT2D eigenvalue weighted by atomic mass is 10.1. The van der Waals surface area contributed by atoms with Crippen molar-refractivity contribution in [1.82, 2.24) is 4.98 Å². The Kier molecular flexibility index (Phi) is 4.09. The van der Waals surface area contributed by atoms with Crippen LogP contribution in [-0.4, -0.2) is 16.7 Å². The Morgan fingerprint density at radius 3 is 2.52 bits per heavy atom. The number of rotatable bonds is 3. The van der Waals surface area contributed by atoms with Crippen LogP contribution in [0, 0.1) is 11.3 Å². The van der Waals surface area contributed by atoms with E-state index < -0.39 is 5.91 Å². The Balaban J connectivity index is 1.93. The molecular weight excluding hydrogens is 338 g/mol. The second kappa shape index (κ2) is 6.22. The SMILES string of the molecule is CC(=O)c1ccc(NC(=O)c2sc3nc(N)c(C#N)cc3c2N)cc1. The number of carbonyl (C=O) groups is 2. The van der Waals surface area contributed by atoms with Crippen molar-refractivity contribution in [1.29, 1.82) is 5.26 Å². The number of carbonyl (C=O) groups excluding carboxylic acids is 2. The molecule has 0 unspecified atom stereocenters. The molecule has 3 aromatic rings. The molecule has 0 radical (unpaired) electrons. The number of nitriles is 1. The van der Waals surface area contributed by atoms with E-state index in [-0.39, 0.29) is 27.7 Å². The van der Waals surface area contributed by atoms with Gasteiger partial charge < -0.3 is 16.8 Å². The number of ketones is 1. The average molecular weight is 351 g/mol. The molecule has 7 nitrogen and oxygen atoms in total. The van der Waals surface area contributed by atoms with Crippen LogP contribution in [0.5, 0.6) is 0 Å². The molecule has 25 heavy (non-hydrogen) atoms. The average Bonchev–Trinajstić information content (AvgIpc) is 2.90. The van der Waals surface area contributed by atoms with E-state index in [1.54, 1.807) is 24.3 Å². The topological polar surface area (TPSA) is 135 Å². The van der Waals surface area contributed by atoms with E-state index in [2.05, 4.69) is 10.3 Å². The van der Waals surface area contributed by atoms with E-state index in [1.807, 2.05) is 6.07 Å². The van der Waals surface area contributed by atoms with Crippen molar-refractivity contribution in [3.05, 3.63) is 46.3 Å². The lowest BCUT2D eigenvalue weighted by molar-refractivity contribution is 0.101. The van der Waals surface area contributed by atoms with Crippen LogP contribution < -0.4 is 16.8 Å². The molecule has 0 bridgehead atoms. The second-order valence-electron chi connectivity index (χ2n) is 5.32. The highest BCUT2D eigenvalue weighted by molar-refractivity contribution is 7.21. The molecule has 2 aromatic heterocycles. The van der Waals surface area contributed by atoms with Gasteiger partial charge in [-0.05, 0) is 37.3 Å². The summed E-state index contributed by atoms with van der Waals surface area (Å²) in [5.41, 5.74) is 13.3. The molecule has 0 saturated heterocycles. The summed E-state index contributed by atoms with van der Waals surface area (Å²) in [4.78, 5) is 28.7. The van der Waals surface area contributed by atoms with Crippen LogP contribution in [0.2, 0.25) is 0 Å². The van der Waals surface area contributed by atoms with Crippen LogP contribution in [0.4, 0.5) is 17.2 Å². The van der Waals surface area contributed by atoms with E-state index in [9.17, 15) is 9.59 Å². The summed E-state index contributed by atoms with van der Waals surface area (Å²) in [5.74, 6) is -0.347. The molecule has 0 aliphatic carbocycles. The van der Waals surface area contributed by atoms with Gasteiger partial charge in [-0.2, -0.15) is 5.26 Å². The van der Waals surface area contributed by atoms with Crippen LogP contribution in [0.25, 0.3) is 10.2 Å². The van der Waals surface area contributed by atoms with Gasteiger partial charge in [0.2, 0.25) is 0 Å². The first-order valence-corrected chi connectivity index (χ1v) is 8.03. The Labute approximate surface area is 146 Å². The molecule has 3 rings (SSSR count). The number of benzene rings is 1. The predicted octanol–water partition coefficient (Wildman–Crippen LogP) is 2.79. The Morgan fingerprint density at radius 2 is 1.92 bits per heavy atom. The van der Waals surface area contributed by atoms with E-state index in [0.29, 0.717) is 21.5 Å². The van der Waals surface area contributed by atoms with Crippen molar-refractivity contribution in [3.63, 3.8) is 0 Å². The van der Waals surface area contributed by atoms with Crippen molar-refractivity contribution in [2.24, 2.45) is 0 Å². The molecule has 1 aromatic carbocycles.